The van der Waals surface area contributed by atoms with Crippen LogP contribution in [0.1, 0.15) is 0 Å². The van der Waals surface area contributed by atoms with Crippen LogP contribution in [0.25, 0.3) is 0 Å². The highest BCUT2D eigenvalue weighted by Crippen LogP contribution is 2.32. The summed E-state index contributed by atoms with van der Waals surface area (Å²) >= 11 is 6.07. The molecule has 1 atom stereocenters. The minimum absolute atomic E-state index is 0.207. The molecule has 24 heavy (non-hydrogen) atoms. The summed E-state index contributed by atoms with van der Waals surface area (Å²) in [6.45, 7) is 3.54. The molecule has 0 heterocycles. The van der Waals surface area contributed by atoms with Gasteiger partial charge in [-0.05, 0) is 42.5 Å². The number of alkyl halides is 3. The van der Waals surface area contributed by atoms with Crippen molar-refractivity contribution in [2.75, 3.05) is 7.05 Å². The largest absolute Gasteiger partial charge is 0.573 e. The van der Waals surface area contributed by atoms with Crippen LogP contribution in [-0.4, -0.2) is 28.3 Å². The Kier molecular flexibility index (Phi) is 5.51. The Hall–Kier alpha value is -2.06. The van der Waals surface area contributed by atoms with Crippen LogP contribution in [0.5, 0.6) is 17.2 Å². The summed E-state index contributed by atoms with van der Waals surface area (Å²) in [5, 5.41) is 0.207. The fourth-order valence-corrected chi connectivity index (χ4v) is 2.74. The summed E-state index contributed by atoms with van der Waals surface area (Å²) in [7, 11) is 0.101. The number of nitrogens with zero attached hydrogens (tertiary/aromatic N) is 1. The molecule has 0 saturated carbocycles. The van der Waals surface area contributed by atoms with Crippen molar-refractivity contribution in [2.45, 2.75) is 11.3 Å². The fourth-order valence-electron chi connectivity index (χ4n) is 1.69. The summed E-state index contributed by atoms with van der Waals surface area (Å²) in [5.41, 5.74) is 0. The van der Waals surface area contributed by atoms with E-state index in [1.165, 1.54) is 28.2 Å². The van der Waals surface area contributed by atoms with Gasteiger partial charge in [0.25, 0.3) is 0 Å². The Morgan fingerprint density at radius 3 is 2.21 bits per heavy atom. The molecule has 0 bridgehead atoms. The van der Waals surface area contributed by atoms with Crippen molar-refractivity contribution < 1.29 is 30.8 Å². The van der Waals surface area contributed by atoms with E-state index in [0.717, 1.165) is 12.1 Å². The van der Waals surface area contributed by atoms with Crippen LogP contribution in [0, 0.1) is 0 Å². The van der Waals surface area contributed by atoms with Crippen LogP contribution in [0.3, 0.4) is 0 Å². The first-order valence-corrected chi connectivity index (χ1v) is 7.93. The van der Waals surface area contributed by atoms with Crippen molar-refractivity contribution in [3.8, 4) is 17.2 Å². The predicted molar refractivity (Wildman–Crippen MR) is 84.4 cm³/mol. The number of halogens is 4. The first kappa shape index (κ1) is 18.3. The van der Waals surface area contributed by atoms with Crippen LogP contribution in [0.2, 0.25) is 5.02 Å². The highest BCUT2D eigenvalue weighted by Gasteiger charge is 2.31. The topological polar surface area (TPSA) is 38.5 Å². The van der Waals surface area contributed by atoms with Gasteiger partial charge in [0.1, 0.15) is 35.9 Å². The number of ether oxygens (including phenoxy) is 2. The Morgan fingerprint density at radius 2 is 1.71 bits per heavy atom. The van der Waals surface area contributed by atoms with Crippen molar-refractivity contribution in [1.82, 2.24) is 0 Å². The summed E-state index contributed by atoms with van der Waals surface area (Å²) < 4.78 is 58.7. The summed E-state index contributed by atoms with van der Waals surface area (Å²) in [6, 6.07) is 9.41. The second-order valence-electron chi connectivity index (χ2n) is 4.59. The molecule has 2 rings (SSSR count). The molecule has 0 amide bonds. The molecule has 0 saturated heterocycles. The Bertz CT molecular complexity index is 779. The van der Waals surface area contributed by atoms with Gasteiger partial charge in [-0.3, -0.25) is 0 Å². The van der Waals surface area contributed by atoms with E-state index in [-0.39, 0.29) is 22.3 Å². The molecule has 0 radical (unpaired) electrons. The van der Waals surface area contributed by atoms with Crippen molar-refractivity contribution in [1.29, 1.82) is 0 Å². The molecule has 4 nitrogen and oxygen atoms in total. The van der Waals surface area contributed by atoms with Gasteiger partial charge in [-0.2, -0.15) is 4.21 Å². The maximum atomic E-state index is 12.1. The van der Waals surface area contributed by atoms with Crippen molar-refractivity contribution >= 4 is 29.3 Å². The molecule has 0 aliphatic rings. The van der Waals surface area contributed by atoms with Gasteiger partial charge in [0.05, 0.1) is 5.02 Å². The van der Waals surface area contributed by atoms with E-state index in [1.54, 1.807) is 13.1 Å². The summed E-state index contributed by atoms with van der Waals surface area (Å²) in [6.07, 6.45) is -4.75. The van der Waals surface area contributed by atoms with Crippen molar-refractivity contribution in [3.05, 3.63) is 47.5 Å². The molecule has 0 aliphatic heterocycles. The molecular weight excluding hydrogens is 367 g/mol. The molecule has 2 aromatic carbocycles. The average Bonchev–Trinajstić information content (AvgIpc) is 2.49. The summed E-state index contributed by atoms with van der Waals surface area (Å²) in [4.78, 5) is 0.443. The van der Waals surface area contributed by atoms with Gasteiger partial charge in [-0.1, -0.05) is 11.6 Å². The third-order valence-electron chi connectivity index (χ3n) is 2.67. The third-order valence-corrected chi connectivity index (χ3v) is 4.19. The molecule has 9 heteroatoms. The van der Waals surface area contributed by atoms with Crippen LogP contribution < -0.4 is 9.47 Å². The second kappa shape index (κ2) is 7.23. The lowest BCUT2D eigenvalue weighted by Crippen LogP contribution is -2.16. The van der Waals surface area contributed by atoms with E-state index < -0.39 is 17.3 Å². The lowest BCUT2D eigenvalue weighted by molar-refractivity contribution is -0.307. The van der Waals surface area contributed by atoms with E-state index in [4.69, 9.17) is 16.3 Å². The molecule has 0 N–H and O–H groups in total. The Morgan fingerprint density at radius 1 is 1.12 bits per heavy atom. The molecule has 2 aromatic rings. The van der Waals surface area contributed by atoms with E-state index in [1.807, 2.05) is 0 Å². The zero-order valence-electron chi connectivity index (χ0n) is 12.3. The van der Waals surface area contributed by atoms with Crippen LogP contribution >= 0.6 is 11.6 Å². The van der Waals surface area contributed by atoms with E-state index in [0.29, 0.717) is 4.90 Å². The van der Waals surface area contributed by atoms with Gasteiger partial charge in [0.15, 0.2) is 0 Å². The number of benzene rings is 2. The van der Waals surface area contributed by atoms with Crippen molar-refractivity contribution in [2.24, 2.45) is 0 Å². The molecule has 0 spiro atoms. The SMILES string of the molecule is C=[N+](C)S(=O)c1ccc(Oc2ccc(OC(F)(F)F)cc2)c(Cl)c1. The fraction of sp³-hybridized carbons (Fsp3) is 0.133. The monoisotopic (exact) mass is 378 g/mol. The van der Waals surface area contributed by atoms with Gasteiger partial charge in [0.2, 0.25) is 0 Å². The van der Waals surface area contributed by atoms with Gasteiger partial charge in [0, 0.05) is 0 Å². The predicted octanol–water partition coefficient (Wildman–Crippen LogP) is 4.40. The maximum Gasteiger partial charge on any atom is 0.573 e. The van der Waals surface area contributed by atoms with Gasteiger partial charge in [-0.25, -0.2) is 0 Å². The highest BCUT2D eigenvalue weighted by atomic mass is 35.5. The number of hydrogen-bond donors (Lipinski definition) is 0. The van der Waals surface area contributed by atoms with Gasteiger partial charge < -0.3 is 9.47 Å². The lowest BCUT2D eigenvalue weighted by atomic mass is 10.3. The van der Waals surface area contributed by atoms with E-state index in [9.17, 15) is 17.4 Å². The lowest BCUT2D eigenvalue weighted by Gasteiger charge is -2.11. The van der Waals surface area contributed by atoms with Gasteiger partial charge in [-0.15, -0.1) is 17.2 Å². The third kappa shape index (κ3) is 4.97. The van der Waals surface area contributed by atoms with Crippen molar-refractivity contribution in [3.63, 3.8) is 0 Å². The van der Waals surface area contributed by atoms with E-state index in [2.05, 4.69) is 11.5 Å². The van der Waals surface area contributed by atoms with Gasteiger partial charge >= 0.3 is 17.3 Å². The normalized spacial score (nSPS) is 12.5. The smallest absolute Gasteiger partial charge is 0.456 e. The Labute approximate surface area is 143 Å². The first-order valence-electron chi connectivity index (χ1n) is 6.45. The minimum atomic E-state index is -4.75. The average molecular weight is 379 g/mol. The molecule has 0 aromatic heterocycles. The standard InChI is InChI=1S/C15H12ClF3NO3S/c1-20(2)24(21)12-7-8-14(13(16)9-12)22-10-3-5-11(6-4-10)23-15(17,18)19/h3-9H,1H2,2H3/q+1. The zero-order valence-corrected chi connectivity index (χ0v) is 13.9. The van der Waals surface area contributed by atoms with Crippen LogP contribution in [-0.2, 0) is 11.0 Å². The number of rotatable bonds is 5. The quantitative estimate of drug-likeness (QED) is 0.572. The van der Waals surface area contributed by atoms with Crippen LogP contribution in [0.4, 0.5) is 13.2 Å². The van der Waals surface area contributed by atoms with Crippen LogP contribution in [0.15, 0.2) is 47.4 Å². The Balaban J connectivity index is 2.14. The summed E-state index contributed by atoms with van der Waals surface area (Å²) in [5.74, 6) is 0.188. The molecule has 0 fully saturated rings. The molecule has 1 unspecified atom stereocenters. The zero-order chi connectivity index (χ0) is 17.9. The minimum Gasteiger partial charge on any atom is -0.456 e. The highest BCUT2D eigenvalue weighted by molar-refractivity contribution is 7.79. The first-order chi connectivity index (χ1) is 11.2. The number of hydrogen-bond acceptors (Lipinski definition) is 3. The molecule has 128 valence electrons. The molecule has 0 aliphatic carbocycles. The maximum absolute atomic E-state index is 12.1. The molecular formula is C15H12ClF3NO3S+. The second-order valence-corrected chi connectivity index (χ2v) is 6.59. The van der Waals surface area contributed by atoms with E-state index >= 15 is 0 Å².